The third-order valence-corrected chi connectivity index (χ3v) is 6.63. The Balaban J connectivity index is 1.91. The van der Waals surface area contributed by atoms with Crippen LogP contribution >= 0.6 is 11.8 Å². The summed E-state index contributed by atoms with van der Waals surface area (Å²) >= 11 is 1.59. The van der Waals surface area contributed by atoms with E-state index >= 15 is 0 Å². The van der Waals surface area contributed by atoms with Crippen molar-refractivity contribution in [2.24, 2.45) is 4.99 Å². The number of ether oxygens (including phenoxy) is 2. The van der Waals surface area contributed by atoms with Gasteiger partial charge in [-0.3, -0.25) is 19.3 Å². The number of thioether (sulfide) groups is 1. The first-order valence-corrected chi connectivity index (χ1v) is 11.1. The largest absolute Gasteiger partial charge is 0.497 e. The number of aromatic hydroxyl groups is 1. The number of aromatic nitrogens is 2. The van der Waals surface area contributed by atoms with Gasteiger partial charge >= 0.3 is 5.69 Å². The highest BCUT2D eigenvalue weighted by molar-refractivity contribution is 7.99. The predicted molar refractivity (Wildman–Crippen MR) is 129 cm³/mol. The van der Waals surface area contributed by atoms with E-state index in [-0.39, 0.29) is 17.4 Å². The molecule has 170 valence electrons. The zero-order valence-corrected chi connectivity index (χ0v) is 19.0. The zero-order valence-electron chi connectivity index (χ0n) is 18.2. The Morgan fingerprint density at radius 2 is 2.03 bits per heavy atom. The second-order valence-electron chi connectivity index (χ2n) is 7.30. The number of fused-ring (bicyclic) bond motifs is 1. The fraction of sp³-hybridized carbons (Fsp3) is 0.208. The van der Waals surface area contributed by atoms with E-state index in [1.807, 2.05) is 36.4 Å². The second kappa shape index (κ2) is 9.41. The van der Waals surface area contributed by atoms with Gasteiger partial charge in [0.25, 0.3) is 5.56 Å². The molecule has 0 bridgehead atoms. The molecule has 1 atom stereocenters. The SMILES string of the molecule is C=CCn1c(O)c(C2=Nc3ccccc3SC(c3ccc(OC)cc3OC)C2)c(=O)[nH]c1=O. The van der Waals surface area contributed by atoms with Crippen LogP contribution in [-0.2, 0) is 6.54 Å². The molecule has 1 aromatic heterocycles. The number of aromatic amines is 1. The van der Waals surface area contributed by atoms with Crippen LogP contribution in [0.4, 0.5) is 5.69 Å². The highest BCUT2D eigenvalue weighted by atomic mass is 32.2. The van der Waals surface area contributed by atoms with Gasteiger partial charge in [0.05, 0.1) is 25.6 Å². The summed E-state index contributed by atoms with van der Waals surface area (Å²) in [5.74, 6) is 0.863. The van der Waals surface area contributed by atoms with Crippen molar-refractivity contribution >= 4 is 23.2 Å². The van der Waals surface area contributed by atoms with Crippen molar-refractivity contribution in [3.05, 3.63) is 87.1 Å². The van der Waals surface area contributed by atoms with Crippen molar-refractivity contribution in [1.29, 1.82) is 0 Å². The highest BCUT2D eigenvalue weighted by Crippen LogP contribution is 2.48. The van der Waals surface area contributed by atoms with Gasteiger partial charge in [-0.05, 0) is 18.2 Å². The molecule has 0 radical (unpaired) electrons. The molecule has 2 aromatic carbocycles. The molecule has 0 fully saturated rings. The zero-order chi connectivity index (χ0) is 23.5. The molecule has 9 heteroatoms. The highest BCUT2D eigenvalue weighted by Gasteiger charge is 2.28. The van der Waals surface area contributed by atoms with Gasteiger partial charge in [-0.2, -0.15) is 0 Å². The second-order valence-corrected chi connectivity index (χ2v) is 8.55. The molecule has 0 saturated heterocycles. The van der Waals surface area contributed by atoms with Crippen molar-refractivity contribution < 1.29 is 14.6 Å². The molecule has 33 heavy (non-hydrogen) atoms. The lowest BCUT2D eigenvalue weighted by Gasteiger charge is -2.20. The van der Waals surface area contributed by atoms with Gasteiger partial charge in [-0.25, -0.2) is 4.79 Å². The number of hydrogen-bond acceptors (Lipinski definition) is 7. The maximum atomic E-state index is 12.8. The Morgan fingerprint density at radius 3 is 2.76 bits per heavy atom. The molecule has 2 N–H and O–H groups in total. The topological polar surface area (TPSA) is 106 Å². The predicted octanol–water partition coefficient (Wildman–Crippen LogP) is 3.80. The van der Waals surface area contributed by atoms with E-state index in [0.29, 0.717) is 29.3 Å². The maximum absolute atomic E-state index is 12.8. The third-order valence-electron chi connectivity index (χ3n) is 5.33. The minimum atomic E-state index is -0.710. The standard InChI is InChI=1S/C24H23N3O5S/c1-4-11-27-23(29)21(22(28)26-24(27)30)17-13-20(33-19-8-6-5-7-16(19)25-17)15-10-9-14(31-2)12-18(15)32-3/h4-10,12,20,29H,1,11,13H2,2-3H3,(H,26,28,30). The fourth-order valence-corrected chi connectivity index (χ4v) is 5.01. The third kappa shape index (κ3) is 4.31. The summed E-state index contributed by atoms with van der Waals surface area (Å²) in [5, 5.41) is 10.7. The Morgan fingerprint density at radius 1 is 1.24 bits per heavy atom. The van der Waals surface area contributed by atoms with Crippen molar-refractivity contribution in [3.63, 3.8) is 0 Å². The number of allylic oxidation sites excluding steroid dienone is 1. The molecular formula is C24H23N3O5S. The number of nitrogens with zero attached hydrogens (tertiary/aromatic N) is 2. The Labute approximate surface area is 194 Å². The Hall–Kier alpha value is -3.72. The number of benzene rings is 2. The number of para-hydroxylation sites is 1. The first-order valence-electron chi connectivity index (χ1n) is 10.2. The summed E-state index contributed by atoms with van der Waals surface area (Å²) in [5.41, 5.74) is 0.494. The molecular weight excluding hydrogens is 442 g/mol. The van der Waals surface area contributed by atoms with Crippen molar-refractivity contribution in [2.45, 2.75) is 23.1 Å². The lowest BCUT2D eigenvalue weighted by molar-refractivity contribution is 0.391. The van der Waals surface area contributed by atoms with Gasteiger partial charge in [-0.1, -0.05) is 24.3 Å². The smallest absolute Gasteiger partial charge is 0.331 e. The maximum Gasteiger partial charge on any atom is 0.331 e. The Kier molecular flexibility index (Phi) is 6.41. The van der Waals surface area contributed by atoms with Crippen molar-refractivity contribution in [2.75, 3.05) is 14.2 Å². The quantitative estimate of drug-likeness (QED) is 0.537. The van der Waals surface area contributed by atoms with Crippen LogP contribution in [0.5, 0.6) is 17.4 Å². The monoisotopic (exact) mass is 465 g/mol. The van der Waals surface area contributed by atoms with E-state index in [1.165, 1.54) is 6.08 Å². The van der Waals surface area contributed by atoms with Crippen LogP contribution in [0.15, 0.2) is 74.6 Å². The van der Waals surface area contributed by atoms with Gasteiger partial charge in [-0.15, -0.1) is 18.3 Å². The molecule has 0 aliphatic carbocycles. The average molecular weight is 466 g/mol. The van der Waals surface area contributed by atoms with Crippen LogP contribution in [0.3, 0.4) is 0 Å². The molecule has 0 saturated carbocycles. The summed E-state index contributed by atoms with van der Waals surface area (Å²) in [7, 11) is 3.17. The lowest BCUT2D eigenvalue weighted by atomic mass is 10.0. The lowest BCUT2D eigenvalue weighted by Crippen LogP contribution is -2.34. The van der Waals surface area contributed by atoms with Gasteiger partial charge in [0.1, 0.15) is 17.1 Å². The summed E-state index contributed by atoms with van der Waals surface area (Å²) in [4.78, 5) is 33.0. The number of rotatable bonds is 6. The van der Waals surface area contributed by atoms with Gasteiger partial charge in [0, 0.05) is 34.7 Å². The first kappa shape index (κ1) is 22.5. The van der Waals surface area contributed by atoms with Gasteiger partial charge in [0.15, 0.2) is 0 Å². The minimum Gasteiger partial charge on any atom is -0.497 e. The number of H-pyrrole nitrogens is 1. The van der Waals surface area contributed by atoms with Crippen LogP contribution in [0.1, 0.15) is 22.8 Å². The average Bonchev–Trinajstić information content (AvgIpc) is 3.00. The van der Waals surface area contributed by atoms with E-state index in [1.54, 1.807) is 32.0 Å². The molecule has 4 rings (SSSR count). The molecule has 3 aromatic rings. The van der Waals surface area contributed by atoms with Crippen LogP contribution in [0.25, 0.3) is 0 Å². The Bertz CT molecular complexity index is 1360. The fourth-order valence-electron chi connectivity index (χ4n) is 3.74. The minimum absolute atomic E-state index is 0.0359. The summed E-state index contributed by atoms with van der Waals surface area (Å²) in [6.07, 6.45) is 1.78. The molecule has 0 amide bonds. The molecule has 0 spiro atoms. The molecule has 2 heterocycles. The summed E-state index contributed by atoms with van der Waals surface area (Å²) < 4.78 is 12.0. The summed E-state index contributed by atoms with van der Waals surface area (Å²) in [6.45, 7) is 3.66. The number of nitrogens with one attached hydrogen (secondary N) is 1. The van der Waals surface area contributed by atoms with Crippen LogP contribution in [0, 0.1) is 0 Å². The van der Waals surface area contributed by atoms with E-state index < -0.39 is 17.1 Å². The van der Waals surface area contributed by atoms with Crippen LogP contribution in [0.2, 0.25) is 0 Å². The number of aliphatic imine (C=N–C) groups is 1. The van der Waals surface area contributed by atoms with E-state index in [2.05, 4.69) is 11.6 Å². The molecule has 1 aliphatic heterocycles. The summed E-state index contributed by atoms with van der Waals surface area (Å²) in [6, 6.07) is 13.2. The normalized spacial score (nSPS) is 15.2. The van der Waals surface area contributed by atoms with Crippen LogP contribution < -0.4 is 20.7 Å². The van der Waals surface area contributed by atoms with Crippen molar-refractivity contribution in [3.8, 4) is 17.4 Å². The number of hydrogen-bond donors (Lipinski definition) is 2. The van der Waals surface area contributed by atoms with Gasteiger partial charge in [0.2, 0.25) is 5.88 Å². The van der Waals surface area contributed by atoms with Gasteiger partial charge < -0.3 is 14.6 Å². The van der Waals surface area contributed by atoms with Crippen LogP contribution in [-0.4, -0.2) is 34.6 Å². The molecule has 1 aliphatic rings. The first-order chi connectivity index (χ1) is 16.0. The molecule has 8 nitrogen and oxygen atoms in total. The number of methoxy groups -OCH3 is 2. The van der Waals surface area contributed by atoms with E-state index in [0.717, 1.165) is 15.0 Å². The van der Waals surface area contributed by atoms with E-state index in [4.69, 9.17) is 14.5 Å². The van der Waals surface area contributed by atoms with Crippen molar-refractivity contribution in [1.82, 2.24) is 9.55 Å². The molecule has 1 unspecified atom stereocenters. The van der Waals surface area contributed by atoms with E-state index in [9.17, 15) is 14.7 Å².